The molecule has 0 amide bonds. The third-order valence-corrected chi connectivity index (χ3v) is 3.22. The van der Waals surface area contributed by atoms with Crippen molar-refractivity contribution in [2.75, 3.05) is 13.1 Å². The van der Waals surface area contributed by atoms with Crippen LogP contribution in [0.1, 0.15) is 43.6 Å². The lowest BCUT2D eigenvalue weighted by molar-refractivity contribution is 0.726. The fraction of sp³-hybridized carbons (Fsp3) is 0.714. The summed E-state index contributed by atoms with van der Waals surface area (Å²) in [5.74, 6) is 0.888. The number of unbranched alkanes of at least 4 members (excludes halogenated alkanes) is 1. The summed E-state index contributed by atoms with van der Waals surface area (Å²) in [5, 5.41) is 11.0. The quantitative estimate of drug-likeness (QED) is 0.469. The number of guanidine groups is 1. The van der Waals surface area contributed by atoms with Crippen molar-refractivity contribution < 1.29 is 0 Å². The molecule has 108 valence electrons. The van der Waals surface area contributed by atoms with E-state index in [-0.39, 0.29) is 0 Å². The molecule has 0 bridgehead atoms. The zero-order chi connectivity index (χ0) is 14.3. The Hall–Kier alpha value is -1.52. The maximum Gasteiger partial charge on any atom is 0.191 e. The van der Waals surface area contributed by atoms with Crippen molar-refractivity contribution in [3.63, 3.8) is 0 Å². The summed E-state index contributed by atoms with van der Waals surface area (Å²) in [6, 6.07) is 0. The predicted octanol–water partition coefficient (Wildman–Crippen LogP) is 1.89. The van der Waals surface area contributed by atoms with Crippen LogP contribution in [0.5, 0.6) is 0 Å². The summed E-state index contributed by atoms with van der Waals surface area (Å²) >= 11 is 0. The molecule has 0 saturated carbocycles. The van der Waals surface area contributed by atoms with E-state index in [0.29, 0.717) is 6.54 Å². The molecule has 0 fully saturated rings. The molecular formula is C14H27N5. The van der Waals surface area contributed by atoms with Crippen LogP contribution in [0.15, 0.2) is 4.99 Å². The fourth-order valence-electron chi connectivity index (χ4n) is 1.93. The fourth-order valence-corrected chi connectivity index (χ4v) is 1.93. The van der Waals surface area contributed by atoms with Crippen LogP contribution >= 0.6 is 0 Å². The van der Waals surface area contributed by atoms with Gasteiger partial charge in [-0.05, 0) is 27.2 Å². The number of aromatic nitrogens is 2. The van der Waals surface area contributed by atoms with Gasteiger partial charge in [0.05, 0.1) is 12.2 Å². The number of nitrogens with zero attached hydrogens (tertiary/aromatic N) is 3. The minimum atomic E-state index is 0.674. The minimum Gasteiger partial charge on any atom is -0.357 e. The molecule has 1 aromatic heterocycles. The van der Waals surface area contributed by atoms with Gasteiger partial charge in [-0.3, -0.25) is 4.68 Å². The third kappa shape index (κ3) is 4.58. The van der Waals surface area contributed by atoms with Gasteiger partial charge in [-0.25, -0.2) is 4.99 Å². The first-order chi connectivity index (χ1) is 9.10. The molecule has 2 N–H and O–H groups in total. The summed E-state index contributed by atoms with van der Waals surface area (Å²) in [4.78, 5) is 4.63. The van der Waals surface area contributed by atoms with Crippen molar-refractivity contribution in [3.8, 4) is 0 Å². The van der Waals surface area contributed by atoms with E-state index < -0.39 is 0 Å². The van der Waals surface area contributed by atoms with Crippen molar-refractivity contribution in [2.24, 2.45) is 12.0 Å². The maximum absolute atomic E-state index is 4.63. The molecule has 5 nitrogen and oxygen atoms in total. The topological polar surface area (TPSA) is 54.2 Å². The van der Waals surface area contributed by atoms with Gasteiger partial charge in [0.1, 0.15) is 0 Å². The lowest BCUT2D eigenvalue weighted by Crippen LogP contribution is -2.37. The van der Waals surface area contributed by atoms with Crippen LogP contribution in [0.3, 0.4) is 0 Å². The Morgan fingerprint density at radius 3 is 2.53 bits per heavy atom. The summed E-state index contributed by atoms with van der Waals surface area (Å²) in [6.45, 7) is 10.9. The van der Waals surface area contributed by atoms with Crippen LogP contribution in [0.25, 0.3) is 0 Å². The third-order valence-electron chi connectivity index (χ3n) is 3.22. The van der Waals surface area contributed by atoms with E-state index >= 15 is 0 Å². The predicted molar refractivity (Wildman–Crippen MR) is 80.4 cm³/mol. The lowest BCUT2D eigenvalue weighted by atomic mass is 10.2. The molecule has 1 heterocycles. The number of aryl methyl sites for hydroxylation is 2. The molecule has 0 spiro atoms. The molecule has 0 aliphatic carbocycles. The molecule has 0 radical (unpaired) electrons. The monoisotopic (exact) mass is 265 g/mol. The average Bonchev–Trinajstić information content (AvgIpc) is 2.61. The largest absolute Gasteiger partial charge is 0.357 e. The van der Waals surface area contributed by atoms with Crippen molar-refractivity contribution in [1.29, 1.82) is 0 Å². The summed E-state index contributed by atoms with van der Waals surface area (Å²) in [7, 11) is 1.97. The van der Waals surface area contributed by atoms with E-state index in [1.165, 1.54) is 17.7 Å². The molecule has 0 atom stereocenters. The highest BCUT2D eigenvalue weighted by atomic mass is 15.3. The lowest BCUT2D eigenvalue weighted by Gasteiger charge is -2.10. The van der Waals surface area contributed by atoms with E-state index in [1.54, 1.807) is 0 Å². The highest BCUT2D eigenvalue weighted by Gasteiger charge is 2.08. The normalized spacial score (nSPS) is 11.7. The van der Waals surface area contributed by atoms with E-state index in [4.69, 9.17) is 0 Å². The molecule has 1 rings (SSSR count). The molecule has 0 aliphatic rings. The highest BCUT2D eigenvalue weighted by Crippen LogP contribution is 2.12. The van der Waals surface area contributed by atoms with E-state index in [2.05, 4.69) is 41.5 Å². The van der Waals surface area contributed by atoms with Crippen molar-refractivity contribution in [1.82, 2.24) is 20.4 Å². The van der Waals surface area contributed by atoms with Gasteiger partial charge in [-0.1, -0.05) is 13.3 Å². The summed E-state index contributed by atoms with van der Waals surface area (Å²) in [6.07, 6.45) is 2.35. The van der Waals surface area contributed by atoms with Gasteiger partial charge in [0.25, 0.3) is 0 Å². The Balaban J connectivity index is 2.68. The first-order valence-electron chi connectivity index (χ1n) is 7.11. The molecule has 0 aliphatic heterocycles. The van der Waals surface area contributed by atoms with Crippen LogP contribution < -0.4 is 10.6 Å². The standard InChI is InChI=1S/C14H27N5/c1-6-8-9-16-14(15-7-2)17-10-13-11(3)18-19(5)12(13)4/h6-10H2,1-5H3,(H2,15,16,17). The van der Waals surface area contributed by atoms with Gasteiger partial charge >= 0.3 is 0 Å². The van der Waals surface area contributed by atoms with Gasteiger partial charge in [0.15, 0.2) is 5.96 Å². The van der Waals surface area contributed by atoms with Gasteiger partial charge in [-0.2, -0.15) is 5.10 Å². The molecule has 0 saturated heterocycles. The Kier molecular flexibility index (Phi) is 6.39. The Morgan fingerprint density at radius 1 is 1.26 bits per heavy atom. The zero-order valence-electron chi connectivity index (χ0n) is 12.9. The smallest absolute Gasteiger partial charge is 0.191 e. The summed E-state index contributed by atoms with van der Waals surface area (Å²) < 4.78 is 1.91. The van der Waals surface area contributed by atoms with E-state index in [9.17, 15) is 0 Å². The van der Waals surface area contributed by atoms with Gasteiger partial charge in [0, 0.05) is 31.4 Å². The summed E-state index contributed by atoms with van der Waals surface area (Å²) in [5.41, 5.74) is 3.47. The van der Waals surface area contributed by atoms with Crippen LogP contribution in [0, 0.1) is 13.8 Å². The first-order valence-corrected chi connectivity index (χ1v) is 7.11. The van der Waals surface area contributed by atoms with Crippen LogP contribution in [-0.2, 0) is 13.6 Å². The van der Waals surface area contributed by atoms with Crippen LogP contribution in [0.4, 0.5) is 0 Å². The molecular weight excluding hydrogens is 238 g/mol. The Labute approximate surface area is 116 Å². The number of nitrogens with one attached hydrogen (secondary N) is 2. The van der Waals surface area contributed by atoms with E-state index in [1.807, 2.05) is 18.7 Å². The molecule has 5 heteroatoms. The van der Waals surface area contributed by atoms with Gasteiger partial charge in [-0.15, -0.1) is 0 Å². The molecule has 0 aromatic carbocycles. The maximum atomic E-state index is 4.63. The average molecular weight is 265 g/mol. The SMILES string of the molecule is CCCCNC(=NCc1c(C)nn(C)c1C)NCC. The molecule has 0 unspecified atom stereocenters. The van der Waals surface area contributed by atoms with Crippen LogP contribution in [0.2, 0.25) is 0 Å². The second-order valence-electron chi connectivity index (χ2n) is 4.75. The molecule has 1 aromatic rings. The highest BCUT2D eigenvalue weighted by molar-refractivity contribution is 5.79. The second kappa shape index (κ2) is 7.81. The number of rotatable bonds is 6. The second-order valence-corrected chi connectivity index (χ2v) is 4.75. The Bertz CT molecular complexity index is 420. The van der Waals surface area contributed by atoms with E-state index in [0.717, 1.165) is 31.2 Å². The van der Waals surface area contributed by atoms with Gasteiger partial charge < -0.3 is 10.6 Å². The molecule has 19 heavy (non-hydrogen) atoms. The van der Waals surface area contributed by atoms with Crippen molar-refractivity contribution in [2.45, 2.75) is 47.1 Å². The zero-order valence-corrected chi connectivity index (χ0v) is 12.9. The first kappa shape index (κ1) is 15.5. The number of hydrogen-bond donors (Lipinski definition) is 2. The van der Waals surface area contributed by atoms with Crippen molar-refractivity contribution in [3.05, 3.63) is 17.0 Å². The Morgan fingerprint density at radius 2 is 2.00 bits per heavy atom. The number of hydrogen-bond acceptors (Lipinski definition) is 2. The van der Waals surface area contributed by atoms with Crippen molar-refractivity contribution >= 4 is 5.96 Å². The minimum absolute atomic E-state index is 0.674. The van der Waals surface area contributed by atoms with Gasteiger partial charge in [0.2, 0.25) is 0 Å². The van der Waals surface area contributed by atoms with Crippen LogP contribution in [-0.4, -0.2) is 28.8 Å². The number of aliphatic imine (C=N–C) groups is 1.